The van der Waals surface area contributed by atoms with Crippen molar-refractivity contribution in [2.24, 2.45) is 0 Å². The van der Waals surface area contributed by atoms with Crippen LogP contribution in [0, 0.1) is 0 Å². The second-order valence-corrected chi connectivity index (χ2v) is 8.40. The molecule has 2 unspecified atom stereocenters. The molecule has 172 valence electrons. The predicted molar refractivity (Wildman–Crippen MR) is 110 cm³/mol. The second kappa shape index (κ2) is 15.1. The second-order valence-electron chi connectivity index (χ2n) is 8.40. The Kier molecular flexibility index (Phi) is 13.7. The lowest BCUT2D eigenvalue weighted by molar-refractivity contribution is -0.233. The third-order valence-electron chi connectivity index (χ3n) is 5.82. The van der Waals surface area contributed by atoms with E-state index in [2.05, 4.69) is 6.92 Å². The zero-order chi connectivity index (χ0) is 21.6. The molecule has 7 heteroatoms. The zero-order valence-electron chi connectivity index (χ0n) is 17.9. The molecule has 0 bridgehead atoms. The van der Waals surface area contributed by atoms with E-state index in [9.17, 15) is 30.3 Å². The van der Waals surface area contributed by atoms with Gasteiger partial charge in [-0.15, -0.1) is 0 Å². The van der Waals surface area contributed by atoms with Gasteiger partial charge in [0.1, 0.15) is 30.5 Å². The summed E-state index contributed by atoms with van der Waals surface area (Å²) in [5.74, 6) is -0.591. The van der Waals surface area contributed by atoms with Gasteiger partial charge in [0.05, 0.1) is 0 Å². The first kappa shape index (κ1) is 26.3. The Morgan fingerprint density at radius 2 is 0.931 bits per heavy atom. The van der Waals surface area contributed by atoms with Crippen molar-refractivity contribution in [3.05, 3.63) is 0 Å². The quantitative estimate of drug-likeness (QED) is 0.204. The molecular weight excluding hydrogens is 376 g/mol. The van der Waals surface area contributed by atoms with Crippen LogP contribution in [0.15, 0.2) is 0 Å². The molecule has 1 aliphatic rings. The minimum absolute atomic E-state index is 0.155. The summed E-state index contributed by atoms with van der Waals surface area (Å²) >= 11 is 0. The lowest BCUT2D eigenvalue weighted by Gasteiger charge is -2.41. The lowest BCUT2D eigenvalue weighted by Crippen LogP contribution is -2.64. The van der Waals surface area contributed by atoms with Crippen molar-refractivity contribution in [2.45, 2.75) is 133 Å². The van der Waals surface area contributed by atoms with E-state index in [4.69, 9.17) is 4.74 Å². The van der Waals surface area contributed by atoms with Crippen molar-refractivity contribution < 1.29 is 35.1 Å². The van der Waals surface area contributed by atoms with Gasteiger partial charge in [-0.25, -0.2) is 0 Å². The molecule has 29 heavy (non-hydrogen) atoms. The molecule has 0 radical (unpaired) electrons. The minimum atomic E-state index is -1.68. The van der Waals surface area contributed by atoms with Gasteiger partial charge in [-0.2, -0.15) is 0 Å². The fourth-order valence-electron chi connectivity index (χ4n) is 3.83. The number of carbonyl (C=O) groups is 1. The van der Waals surface area contributed by atoms with E-state index < -0.39 is 42.6 Å². The highest BCUT2D eigenvalue weighted by molar-refractivity contribution is 5.69. The van der Waals surface area contributed by atoms with Crippen molar-refractivity contribution in [1.29, 1.82) is 0 Å². The van der Waals surface area contributed by atoms with Gasteiger partial charge in [-0.05, 0) is 6.42 Å². The standard InChI is InChI=1S/C22H42O7/c1-2-3-4-5-6-7-8-9-10-11-12-13-14-15-16(23)29-22-20(27)18(25)17(24)19(26)21(22)28/h17-22,24-28H,2-15H2,1H3/t17?,18-,19+,20-,21-,22?/m1/s1. The molecule has 0 heterocycles. The molecule has 0 aromatic rings. The van der Waals surface area contributed by atoms with Crippen LogP contribution in [-0.4, -0.2) is 68.1 Å². The number of aliphatic hydroxyl groups excluding tert-OH is 5. The number of hydrogen-bond donors (Lipinski definition) is 5. The Morgan fingerprint density at radius 1 is 0.586 bits per heavy atom. The largest absolute Gasteiger partial charge is 0.457 e. The summed E-state index contributed by atoms with van der Waals surface area (Å²) in [7, 11) is 0. The molecule has 5 N–H and O–H groups in total. The lowest BCUT2D eigenvalue weighted by atomic mass is 9.85. The molecule has 0 spiro atoms. The van der Waals surface area contributed by atoms with E-state index >= 15 is 0 Å². The Labute approximate surface area is 175 Å². The maximum absolute atomic E-state index is 11.9. The van der Waals surface area contributed by atoms with E-state index in [1.54, 1.807) is 0 Å². The summed E-state index contributed by atoms with van der Waals surface area (Å²) in [6.45, 7) is 2.23. The maximum atomic E-state index is 11.9. The first-order valence-corrected chi connectivity index (χ1v) is 11.5. The smallest absolute Gasteiger partial charge is 0.306 e. The van der Waals surface area contributed by atoms with Crippen LogP contribution >= 0.6 is 0 Å². The fourth-order valence-corrected chi connectivity index (χ4v) is 3.83. The van der Waals surface area contributed by atoms with E-state index in [0.29, 0.717) is 6.42 Å². The van der Waals surface area contributed by atoms with Crippen LogP contribution in [0.1, 0.15) is 96.8 Å². The highest BCUT2D eigenvalue weighted by Crippen LogP contribution is 2.24. The molecule has 1 rings (SSSR count). The average Bonchev–Trinajstić information content (AvgIpc) is 2.71. The zero-order valence-corrected chi connectivity index (χ0v) is 17.9. The van der Waals surface area contributed by atoms with Crippen LogP contribution in [0.25, 0.3) is 0 Å². The van der Waals surface area contributed by atoms with E-state index in [-0.39, 0.29) is 6.42 Å². The number of rotatable bonds is 15. The summed E-state index contributed by atoms with van der Waals surface area (Å²) < 4.78 is 5.04. The van der Waals surface area contributed by atoms with Gasteiger partial charge in [0, 0.05) is 6.42 Å². The normalized spacial score (nSPS) is 29.7. The molecule has 6 atom stereocenters. The third kappa shape index (κ3) is 9.75. The molecule has 7 nitrogen and oxygen atoms in total. The summed E-state index contributed by atoms with van der Waals surface area (Å²) in [4.78, 5) is 11.9. The number of hydrogen-bond acceptors (Lipinski definition) is 7. The number of carbonyl (C=O) groups excluding carboxylic acids is 1. The summed E-state index contributed by atoms with van der Waals surface area (Å²) in [5.41, 5.74) is 0. The average molecular weight is 419 g/mol. The third-order valence-corrected chi connectivity index (χ3v) is 5.82. The summed E-state index contributed by atoms with van der Waals surface area (Å²) in [5, 5.41) is 48.6. The topological polar surface area (TPSA) is 127 Å². The van der Waals surface area contributed by atoms with Crippen LogP contribution < -0.4 is 0 Å². The van der Waals surface area contributed by atoms with Gasteiger partial charge in [-0.3, -0.25) is 4.79 Å². The Hall–Kier alpha value is -0.730. The van der Waals surface area contributed by atoms with Crippen LogP contribution in [0.5, 0.6) is 0 Å². The maximum Gasteiger partial charge on any atom is 0.306 e. The number of unbranched alkanes of at least 4 members (excludes halogenated alkanes) is 12. The molecule has 0 aromatic carbocycles. The fraction of sp³-hybridized carbons (Fsp3) is 0.955. The SMILES string of the molecule is CCCCCCCCCCCCCCCC(=O)OC1[C@H](O)[C@H](O)C(O)[C@H](O)[C@H]1O. The molecule has 0 aliphatic heterocycles. The van der Waals surface area contributed by atoms with Crippen molar-refractivity contribution in [2.75, 3.05) is 0 Å². The van der Waals surface area contributed by atoms with E-state index in [1.807, 2.05) is 0 Å². The van der Waals surface area contributed by atoms with Gasteiger partial charge in [-0.1, -0.05) is 84.0 Å². The van der Waals surface area contributed by atoms with Crippen LogP contribution in [0.4, 0.5) is 0 Å². The van der Waals surface area contributed by atoms with Crippen LogP contribution in [0.2, 0.25) is 0 Å². The van der Waals surface area contributed by atoms with E-state index in [0.717, 1.165) is 19.3 Å². The van der Waals surface area contributed by atoms with Crippen LogP contribution in [0.3, 0.4) is 0 Å². The molecule has 1 aliphatic carbocycles. The molecule has 0 aromatic heterocycles. The van der Waals surface area contributed by atoms with E-state index in [1.165, 1.54) is 57.8 Å². The highest BCUT2D eigenvalue weighted by atomic mass is 16.6. The Morgan fingerprint density at radius 3 is 1.34 bits per heavy atom. The van der Waals surface area contributed by atoms with Crippen molar-refractivity contribution in [1.82, 2.24) is 0 Å². The van der Waals surface area contributed by atoms with Crippen molar-refractivity contribution in [3.63, 3.8) is 0 Å². The summed E-state index contributed by atoms with van der Waals surface area (Å²) in [6, 6.07) is 0. The predicted octanol–water partition coefficient (Wildman–Crippen LogP) is 2.20. The van der Waals surface area contributed by atoms with Gasteiger partial charge in [0.15, 0.2) is 6.10 Å². The first-order chi connectivity index (χ1) is 13.9. The molecule has 0 saturated heterocycles. The highest BCUT2D eigenvalue weighted by Gasteiger charge is 2.50. The Bertz CT molecular complexity index is 415. The number of esters is 1. The van der Waals surface area contributed by atoms with Crippen LogP contribution in [-0.2, 0) is 9.53 Å². The summed E-state index contributed by atoms with van der Waals surface area (Å²) in [6.07, 6.45) is 5.99. The molecule has 1 fully saturated rings. The number of aliphatic hydroxyl groups is 5. The monoisotopic (exact) mass is 418 g/mol. The first-order valence-electron chi connectivity index (χ1n) is 11.5. The molecule has 1 saturated carbocycles. The number of ether oxygens (including phenoxy) is 1. The van der Waals surface area contributed by atoms with Gasteiger partial charge in [0.2, 0.25) is 0 Å². The van der Waals surface area contributed by atoms with Gasteiger partial charge in [0.25, 0.3) is 0 Å². The van der Waals surface area contributed by atoms with Gasteiger partial charge >= 0.3 is 5.97 Å². The van der Waals surface area contributed by atoms with Gasteiger partial charge < -0.3 is 30.3 Å². The van der Waals surface area contributed by atoms with Crippen molar-refractivity contribution >= 4 is 5.97 Å². The minimum Gasteiger partial charge on any atom is -0.457 e. The van der Waals surface area contributed by atoms with Crippen molar-refractivity contribution in [3.8, 4) is 0 Å². The Balaban J connectivity index is 2.03. The molecular formula is C22H42O7. The molecule has 0 amide bonds.